The Bertz CT molecular complexity index is 328. The van der Waals surface area contributed by atoms with Crippen molar-refractivity contribution in [3.05, 3.63) is 35.9 Å². The fourth-order valence-electron chi connectivity index (χ4n) is 2.44. The van der Waals surface area contributed by atoms with Crippen LogP contribution in [0.3, 0.4) is 0 Å². The summed E-state index contributed by atoms with van der Waals surface area (Å²) in [5.41, 5.74) is 1.35. The zero-order valence-electron chi connectivity index (χ0n) is 10.7. The Morgan fingerprint density at radius 1 is 1.35 bits per heavy atom. The number of hydrogen-bond acceptors (Lipinski definition) is 3. The van der Waals surface area contributed by atoms with Crippen LogP contribution in [0.15, 0.2) is 30.3 Å². The highest BCUT2D eigenvalue weighted by Crippen LogP contribution is 2.27. The van der Waals surface area contributed by atoms with Crippen LogP contribution in [0.4, 0.5) is 0 Å². The number of morpholine rings is 1. The van der Waals surface area contributed by atoms with Gasteiger partial charge in [-0.2, -0.15) is 0 Å². The van der Waals surface area contributed by atoms with E-state index in [4.69, 9.17) is 4.74 Å². The van der Waals surface area contributed by atoms with E-state index in [1.165, 1.54) is 5.56 Å². The summed E-state index contributed by atoms with van der Waals surface area (Å²) in [6.45, 7) is 5.87. The van der Waals surface area contributed by atoms with Crippen molar-refractivity contribution in [3.63, 3.8) is 0 Å². The van der Waals surface area contributed by atoms with Gasteiger partial charge in [0.25, 0.3) is 0 Å². The molecular formula is C14H22N2O. The van der Waals surface area contributed by atoms with Crippen LogP contribution in [-0.2, 0) is 4.74 Å². The molecule has 2 rings (SSSR count). The van der Waals surface area contributed by atoms with Crippen LogP contribution < -0.4 is 5.32 Å². The van der Waals surface area contributed by atoms with Gasteiger partial charge in [0, 0.05) is 13.1 Å². The maximum absolute atomic E-state index is 5.91. The molecule has 0 aromatic heterocycles. The van der Waals surface area contributed by atoms with Gasteiger partial charge in [-0.1, -0.05) is 37.3 Å². The fourth-order valence-corrected chi connectivity index (χ4v) is 2.44. The predicted molar refractivity (Wildman–Crippen MR) is 70.1 cm³/mol. The number of benzene rings is 1. The van der Waals surface area contributed by atoms with Crippen LogP contribution in [0.5, 0.6) is 0 Å². The average molecular weight is 234 g/mol. The van der Waals surface area contributed by atoms with E-state index in [0.717, 1.165) is 26.2 Å². The van der Waals surface area contributed by atoms with Gasteiger partial charge in [0.2, 0.25) is 0 Å². The molecule has 0 bridgehead atoms. The zero-order chi connectivity index (χ0) is 12.1. The van der Waals surface area contributed by atoms with E-state index in [-0.39, 0.29) is 6.10 Å². The predicted octanol–water partition coefficient (Wildman–Crippen LogP) is 1.67. The van der Waals surface area contributed by atoms with Gasteiger partial charge in [-0.05, 0) is 19.2 Å². The molecule has 0 radical (unpaired) electrons. The topological polar surface area (TPSA) is 24.5 Å². The van der Waals surface area contributed by atoms with Crippen LogP contribution in [0, 0.1) is 0 Å². The lowest BCUT2D eigenvalue weighted by atomic mass is 9.98. The first-order chi connectivity index (χ1) is 8.33. The largest absolute Gasteiger partial charge is 0.374 e. The summed E-state index contributed by atoms with van der Waals surface area (Å²) >= 11 is 0. The normalized spacial score (nSPS) is 26.0. The first-order valence-corrected chi connectivity index (χ1v) is 6.40. The maximum Gasteiger partial charge on any atom is 0.0896 e. The number of rotatable bonds is 4. The molecule has 1 aromatic rings. The van der Waals surface area contributed by atoms with Crippen molar-refractivity contribution in [1.29, 1.82) is 0 Å². The van der Waals surface area contributed by atoms with Gasteiger partial charge in [-0.3, -0.25) is 4.90 Å². The molecule has 1 aliphatic rings. The lowest BCUT2D eigenvalue weighted by molar-refractivity contribution is -0.0611. The van der Waals surface area contributed by atoms with Gasteiger partial charge in [-0.25, -0.2) is 0 Å². The molecule has 3 heteroatoms. The molecule has 0 spiro atoms. The van der Waals surface area contributed by atoms with E-state index in [1.54, 1.807) is 0 Å². The third-order valence-electron chi connectivity index (χ3n) is 3.34. The molecule has 1 heterocycles. The first kappa shape index (κ1) is 12.6. The Hall–Kier alpha value is -0.900. The van der Waals surface area contributed by atoms with Crippen LogP contribution in [0.2, 0.25) is 0 Å². The molecule has 2 atom stereocenters. The lowest BCUT2D eigenvalue weighted by Gasteiger charge is -2.39. The third kappa shape index (κ3) is 3.06. The molecular weight excluding hydrogens is 212 g/mol. The van der Waals surface area contributed by atoms with Crippen molar-refractivity contribution in [2.75, 3.05) is 33.3 Å². The Morgan fingerprint density at radius 3 is 2.82 bits per heavy atom. The van der Waals surface area contributed by atoms with Gasteiger partial charge in [-0.15, -0.1) is 0 Å². The number of nitrogens with one attached hydrogen (secondary N) is 1. The zero-order valence-corrected chi connectivity index (χ0v) is 10.7. The smallest absolute Gasteiger partial charge is 0.0896 e. The average Bonchev–Trinajstić information content (AvgIpc) is 2.37. The number of ether oxygens (including phenoxy) is 1. The second-order valence-electron chi connectivity index (χ2n) is 4.55. The minimum absolute atomic E-state index is 0.246. The summed E-state index contributed by atoms with van der Waals surface area (Å²) in [5, 5.41) is 3.39. The highest BCUT2D eigenvalue weighted by atomic mass is 16.5. The van der Waals surface area contributed by atoms with Crippen molar-refractivity contribution < 1.29 is 4.74 Å². The number of likely N-dealkylation sites (N-methyl/N-ethyl adjacent to an activating group) is 2. The molecule has 1 fully saturated rings. The third-order valence-corrected chi connectivity index (χ3v) is 3.34. The van der Waals surface area contributed by atoms with Crippen molar-refractivity contribution in [3.8, 4) is 0 Å². The molecule has 3 nitrogen and oxygen atoms in total. The van der Waals surface area contributed by atoms with Crippen molar-refractivity contribution in [1.82, 2.24) is 10.2 Å². The Morgan fingerprint density at radius 2 is 2.12 bits per heavy atom. The second kappa shape index (κ2) is 6.15. The summed E-state index contributed by atoms with van der Waals surface area (Å²) in [6, 6.07) is 11.0. The molecule has 1 saturated heterocycles. The highest BCUT2D eigenvalue weighted by Gasteiger charge is 2.30. The maximum atomic E-state index is 5.91. The molecule has 17 heavy (non-hydrogen) atoms. The standard InChI is InChI=1S/C14H22N2O/c1-3-15-11-13-14(16(2)9-10-17-13)12-7-5-4-6-8-12/h4-8,13-15H,3,9-11H2,1-2H3. The molecule has 94 valence electrons. The van der Waals surface area contributed by atoms with Crippen LogP contribution in [0.1, 0.15) is 18.5 Å². The first-order valence-electron chi connectivity index (χ1n) is 6.40. The molecule has 0 aliphatic carbocycles. The van der Waals surface area contributed by atoms with Gasteiger partial charge in [0.05, 0.1) is 18.8 Å². The minimum atomic E-state index is 0.246. The Kier molecular flexibility index (Phi) is 4.54. The fraction of sp³-hybridized carbons (Fsp3) is 0.571. The van der Waals surface area contributed by atoms with Crippen molar-refractivity contribution >= 4 is 0 Å². The van der Waals surface area contributed by atoms with Crippen LogP contribution in [-0.4, -0.2) is 44.3 Å². The summed E-state index contributed by atoms with van der Waals surface area (Å²) < 4.78 is 5.91. The van der Waals surface area contributed by atoms with E-state index in [0.29, 0.717) is 6.04 Å². The second-order valence-corrected chi connectivity index (χ2v) is 4.55. The highest BCUT2D eigenvalue weighted by molar-refractivity contribution is 5.21. The van der Waals surface area contributed by atoms with Gasteiger partial charge in [0.15, 0.2) is 0 Å². The number of nitrogens with zero attached hydrogens (tertiary/aromatic N) is 1. The summed E-state index contributed by atoms with van der Waals surface area (Å²) in [5.74, 6) is 0. The van der Waals surface area contributed by atoms with Crippen LogP contribution in [0.25, 0.3) is 0 Å². The molecule has 0 saturated carbocycles. The molecule has 0 amide bonds. The summed E-state index contributed by atoms with van der Waals surface area (Å²) in [7, 11) is 2.18. The van der Waals surface area contributed by atoms with Crippen molar-refractivity contribution in [2.24, 2.45) is 0 Å². The molecule has 1 aliphatic heterocycles. The van der Waals surface area contributed by atoms with E-state index in [9.17, 15) is 0 Å². The SMILES string of the molecule is CCNCC1OCCN(C)C1c1ccccc1. The minimum Gasteiger partial charge on any atom is -0.374 e. The number of hydrogen-bond donors (Lipinski definition) is 1. The Balaban J connectivity index is 2.13. The summed E-state index contributed by atoms with van der Waals surface area (Å²) in [6.07, 6.45) is 0.246. The van der Waals surface area contributed by atoms with E-state index < -0.39 is 0 Å². The van der Waals surface area contributed by atoms with Gasteiger partial charge >= 0.3 is 0 Å². The van der Waals surface area contributed by atoms with E-state index in [1.807, 2.05) is 0 Å². The van der Waals surface area contributed by atoms with E-state index >= 15 is 0 Å². The molecule has 1 N–H and O–H groups in total. The van der Waals surface area contributed by atoms with Gasteiger partial charge in [0.1, 0.15) is 0 Å². The molecule has 1 aromatic carbocycles. The van der Waals surface area contributed by atoms with Crippen molar-refractivity contribution in [2.45, 2.75) is 19.1 Å². The summed E-state index contributed by atoms with van der Waals surface area (Å²) in [4.78, 5) is 2.39. The van der Waals surface area contributed by atoms with Gasteiger partial charge < -0.3 is 10.1 Å². The molecule has 2 unspecified atom stereocenters. The quantitative estimate of drug-likeness (QED) is 0.857. The van der Waals surface area contributed by atoms with Crippen LogP contribution >= 0.6 is 0 Å². The monoisotopic (exact) mass is 234 g/mol. The Labute approximate surface area is 104 Å². The van der Waals surface area contributed by atoms with E-state index in [2.05, 4.69) is 54.5 Å². The lowest BCUT2D eigenvalue weighted by Crippen LogP contribution is -2.47.